The normalized spacial score (nSPS) is 16.5. The Morgan fingerprint density at radius 2 is 1.86 bits per heavy atom. The molecule has 1 saturated heterocycles. The summed E-state index contributed by atoms with van der Waals surface area (Å²) in [7, 11) is 0. The van der Waals surface area contributed by atoms with Crippen LogP contribution in [0.5, 0.6) is 5.75 Å². The summed E-state index contributed by atoms with van der Waals surface area (Å²) < 4.78 is 43.2. The molecule has 0 unspecified atom stereocenters. The summed E-state index contributed by atoms with van der Waals surface area (Å²) in [4.78, 5) is 7.02. The summed E-state index contributed by atoms with van der Waals surface area (Å²) in [6.07, 6.45) is -0.221. The third-order valence-corrected chi connectivity index (χ3v) is 3.33. The number of likely N-dealkylation sites (tertiary alicyclic amines) is 1. The smallest absolute Gasteiger partial charge is 0.433 e. The Morgan fingerprint density at radius 1 is 1.14 bits per heavy atom. The highest BCUT2D eigenvalue weighted by atomic mass is 19.4. The molecule has 3 heterocycles. The van der Waals surface area contributed by atoms with Gasteiger partial charge in [0.05, 0.1) is 18.9 Å². The quantitative estimate of drug-likeness (QED) is 0.836. The van der Waals surface area contributed by atoms with Crippen LogP contribution in [0.25, 0.3) is 0 Å². The molecule has 0 atom stereocenters. The molecule has 0 saturated carbocycles. The van der Waals surface area contributed by atoms with Crippen LogP contribution in [0.15, 0.2) is 30.7 Å². The van der Waals surface area contributed by atoms with Gasteiger partial charge in [0.2, 0.25) is 0 Å². The zero-order chi connectivity index (χ0) is 15.6. The lowest BCUT2D eigenvalue weighted by Crippen LogP contribution is -2.54. The fraction of sp³-hybridized carbons (Fsp3) is 0.462. The molecule has 0 amide bonds. The number of aromatic nitrogens is 4. The van der Waals surface area contributed by atoms with E-state index in [2.05, 4.69) is 20.1 Å². The first kappa shape index (κ1) is 14.8. The second kappa shape index (κ2) is 5.91. The van der Waals surface area contributed by atoms with Gasteiger partial charge in [-0.15, -0.1) is 0 Å². The number of hydrogen-bond donors (Lipinski definition) is 0. The molecule has 9 heteroatoms. The van der Waals surface area contributed by atoms with Crippen molar-refractivity contribution in [1.82, 2.24) is 24.9 Å². The highest BCUT2D eigenvalue weighted by molar-refractivity contribution is 5.24. The number of ether oxygens (including phenoxy) is 1. The van der Waals surface area contributed by atoms with Crippen LogP contribution in [-0.4, -0.2) is 50.6 Å². The number of nitrogens with zero attached hydrogens (tertiary/aromatic N) is 5. The zero-order valence-electron chi connectivity index (χ0n) is 11.6. The van der Waals surface area contributed by atoms with Gasteiger partial charge in [0.15, 0.2) is 0 Å². The van der Waals surface area contributed by atoms with Gasteiger partial charge in [-0.05, 0) is 6.07 Å². The SMILES string of the molecule is FC(F)(F)c1cc(OC2CN(CCn3nccn3)C2)ccn1. The van der Waals surface area contributed by atoms with Gasteiger partial charge in [-0.3, -0.25) is 9.88 Å². The van der Waals surface area contributed by atoms with Gasteiger partial charge in [0.1, 0.15) is 17.5 Å². The van der Waals surface area contributed by atoms with Crippen molar-refractivity contribution in [3.8, 4) is 5.75 Å². The maximum Gasteiger partial charge on any atom is 0.433 e. The van der Waals surface area contributed by atoms with Crippen molar-refractivity contribution >= 4 is 0 Å². The molecule has 0 spiro atoms. The first-order valence-corrected chi connectivity index (χ1v) is 6.77. The Balaban J connectivity index is 1.46. The van der Waals surface area contributed by atoms with E-state index in [-0.39, 0.29) is 11.9 Å². The Bertz CT molecular complexity index is 610. The van der Waals surface area contributed by atoms with Crippen LogP contribution >= 0.6 is 0 Å². The standard InChI is InChI=1S/C13H14F3N5O/c14-13(15,16)12-7-10(1-2-17-12)22-11-8-20(9-11)5-6-21-18-3-4-19-21/h1-4,7,11H,5-6,8-9H2. The Labute approximate surface area is 124 Å². The van der Waals surface area contributed by atoms with Crippen LogP contribution < -0.4 is 4.74 Å². The third kappa shape index (κ3) is 3.53. The number of rotatable bonds is 5. The third-order valence-electron chi connectivity index (χ3n) is 3.33. The zero-order valence-corrected chi connectivity index (χ0v) is 11.6. The number of halogens is 3. The van der Waals surface area contributed by atoms with Gasteiger partial charge in [-0.25, -0.2) is 0 Å². The molecular formula is C13H14F3N5O. The molecule has 0 bridgehead atoms. The van der Waals surface area contributed by atoms with E-state index in [1.54, 1.807) is 17.2 Å². The lowest BCUT2D eigenvalue weighted by Gasteiger charge is -2.38. The van der Waals surface area contributed by atoms with Crippen molar-refractivity contribution in [2.24, 2.45) is 0 Å². The van der Waals surface area contributed by atoms with Gasteiger partial charge in [-0.2, -0.15) is 28.2 Å². The molecule has 0 aliphatic carbocycles. The summed E-state index contributed by atoms with van der Waals surface area (Å²) in [6, 6.07) is 2.36. The monoisotopic (exact) mass is 313 g/mol. The van der Waals surface area contributed by atoms with E-state index < -0.39 is 11.9 Å². The predicted octanol–water partition coefficient (Wildman–Crippen LogP) is 1.46. The van der Waals surface area contributed by atoms with Crippen LogP contribution in [0.4, 0.5) is 13.2 Å². The van der Waals surface area contributed by atoms with Crippen molar-refractivity contribution in [2.45, 2.75) is 18.8 Å². The second-order valence-corrected chi connectivity index (χ2v) is 5.00. The summed E-state index contributed by atoms with van der Waals surface area (Å²) in [5.41, 5.74) is -0.939. The van der Waals surface area contributed by atoms with Gasteiger partial charge in [-0.1, -0.05) is 0 Å². The summed E-state index contributed by atoms with van der Waals surface area (Å²) >= 11 is 0. The van der Waals surface area contributed by atoms with E-state index in [0.29, 0.717) is 19.6 Å². The highest BCUT2D eigenvalue weighted by Gasteiger charge is 2.33. The molecule has 1 aliphatic rings. The van der Waals surface area contributed by atoms with Gasteiger partial charge in [0.25, 0.3) is 0 Å². The molecule has 0 N–H and O–H groups in total. The van der Waals surface area contributed by atoms with E-state index in [9.17, 15) is 13.2 Å². The van der Waals surface area contributed by atoms with E-state index in [1.807, 2.05) is 0 Å². The predicted molar refractivity (Wildman–Crippen MR) is 70.1 cm³/mol. The van der Waals surface area contributed by atoms with Crippen molar-refractivity contribution < 1.29 is 17.9 Å². The van der Waals surface area contributed by atoms with E-state index in [4.69, 9.17) is 4.74 Å². The van der Waals surface area contributed by atoms with Crippen molar-refractivity contribution in [2.75, 3.05) is 19.6 Å². The van der Waals surface area contributed by atoms with Crippen LogP contribution in [0.2, 0.25) is 0 Å². The maximum atomic E-state index is 12.6. The van der Waals surface area contributed by atoms with Gasteiger partial charge in [0, 0.05) is 31.9 Å². The summed E-state index contributed by atoms with van der Waals surface area (Å²) in [5, 5.41) is 8.00. The molecule has 3 rings (SSSR count). The molecule has 1 fully saturated rings. The topological polar surface area (TPSA) is 56.1 Å². The van der Waals surface area contributed by atoms with Crippen molar-refractivity contribution in [3.05, 3.63) is 36.4 Å². The molecule has 0 aromatic carbocycles. The lowest BCUT2D eigenvalue weighted by atomic mass is 10.1. The Morgan fingerprint density at radius 3 is 2.55 bits per heavy atom. The van der Waals surface area contributed by atoms with Crippen LogP contribution in [0.1, 0.15) is 5.69 Å². The molecule has 0 radical (unpaired) electrons. The average molecular weight is 313 g/mol. The van der Waals surface area contributed by atoms with Crippen LogP contribution in [0.3, 0.4) is 0 Å². The fourth-order valence-corrected chi connectivity index (χ4v) is 2.20. The first-order chi connectivity index (χ1) is 10.5. The van der Waals surface area contributed by atoms with Gasteiger partial charge < -0.3 is 4.74 Å². The summed E-state index contributed by atoms with van der Waals surface area (Å²) in [5.74, 6) is 0.195. The Hall–Kier alpha value is -2.16. The molecule has 1 aliphatic heterocycles. The molecule has 118 valence electrons. The van der Waals surface area contributed by atoms with Crippen LogP contribution in [0, 0.1) is 0 Å². The highest BCUT2D eigenvalue weighted by Crippen LogP contribution is 2.30. The minimum Gasteiger partial charge on any atom is -0.488 e. The molecule has 6 nitrogen and oxygen atoms in total. The second-order valence-electron chi connectivity index (χ2n) is 5.00. The first-order valence-electron chi connectivity index (χ1n) is 6.77. The number of alkyl halides is 3. The number of hydrogen-bond acceptors (Lipinski definition) is 5. The minimum absolute atomic E-state index is 0.103. The van der Waals surface area contributed by atoms with E-state index in [0.717, 1.165) is 18.8 Å². The molecular weight excluding hydrogens is 299 g/mol. The Kier molecular flexibility index (Phi) is 3.97. The number of pyridine rings is 1. The average Bonchev–Trinajstić information content (AvgIpc) is 2.94. The van der Waals surface area contributed by atoms with Crippen molar-refractivity contribution in [3.63, 3.8) is 0 Å². The fourth-order valence-electron chi connectivity index (χ4n) is 2.20. The summed E-state index contributed by atoms with van der Waals surface area (Å²) in [6.45, 7) is 2.79. The molecule has 2 aromatic rings. The maximum absolute atomic E-state index is 12.6. The van der Waals surface area contributed by atoms with Crippen LogP contribution in [-0.2, 0) is 12.7 Å². The lowest BCUT2D eigenvalue weighted by molar-refractivity contribution is -0.141. The molecule has 2 aromatic heterocycles. The largest absolute Gasteiger partial charge is 0.488 e. The minimum atomic E-state index is -4.46. The van der Waals surface area contributed by atoms with Crippen molar-refractivity contribution in [1.29, 1.82) is 0 Å². The molecule has 22 heavy (non-hydrogen) atoms. The van der Waals surface area contributed by atoms with Gasteiger partial charge >= 0.3 is 6.18 Å². The van der Waals surface area contributed by atoms with E-state index in [1.165, 1.54) is 6.07 Å². The van der Waals surface area contributed by atoms with E-state index >= 15 is 0 Å².